The number of carbonyl (C=O) groups is 1. The maximum atomic E-state index is 12.2. The number of nitrogens with zero attached hydrogens (tertiary/aromatic N) is 3. The van der Waals surface area contributed by atoms with Crippen LogP contribution in [0, 0.1) is 11.3 Å². The Labute approximate surface area is 131 Å². The number of benzene rings is 2. The number of aliphatic hydroxyl groups excluding tert-OH is 1. The van der Waals surface area contributed by atoms with Crippen molar-refractivity contribution in [3.05, 3.63) is 76.6 Å². The van der Waals surface area contributed by atoms with Crippen LogP contribution in [-0.2, 0) is 0 Å². The van der Waals surface area contributed by atoms with Crippen LogP contribution in [0.4, 0.5) is 5.69 Å². The van der Waals surface area contributed by atoms with Gasteiger partial charge in [0.2, 0.25) is 5.78 Å². The minimum absolute atomic E-state index is 0.241. The quantitative estimate of drug-likeness (QED) is 0.388. The van der Waals surface area contributed by atoms with Gasteiger partial charge in [0, 0.05) is 10.6 Å². The van der Waals surface area contributed by atoms with Crippen molar-refractivity contribution in [1.29, 1.82) is 5.26 Å². The fraction of sp³-hybridized carbons (Fsp3) is 0. The molecule has 2 aromatic carbocycles. The molecule has 0 aliphatic heterocycles. The summed E-state index contributed by atoms with van der Waals surface area (Å²) < 4.78 is 0. The van der Waals surface area contributed by atoms with Gasteiger partial charge < -0.3 is 5.11 Å². The minimum atomic E-state index is -0.502. The highest BCUT2D eigenvalue weighted by molar-refractivity contribution is 6.30. The summed E-state index contributed by atoms with van der Waals surface area (Å²) in [5.41, 5.74) is 0.711. The number of allylic oxidation sites excluding steroid dienone is 1. The highest BCUT2D eigenvalue weighted by Gasteiger charge is 2.12. The van der Waals surface area contributed by atoms with Crippen molar-refractivity contribution in [3.8, 4) is 6.07 Å². The van der Waals surface area contributed by atoms with Crippen molar-refractivity contribution in [3.63, 3.8) is 0 Å². The lowest BCUT2D eigenvalue weighted by Crippen LogP contribution is -2.01. The molecule has 0 bridgehead atoms. The van der Waals surface area contributed by atoms with Crippen LogP contribution in [0.1, 0.15) is 15.9 Å². The molecule has 0 saturated heterocycles. The van der Waals surface area contributed by atoms with Crippen molar-refractivity contribution >= 4 is 23.1 Å². The molecule has 0 spiro atoms. The molecule has 6 heteroatoms. The Bertz CT molecular complexity index is 790. The molecule has 108 valence electrons. The highest BCUT2D eigenvalue weighted by atomic mass is 35.5. The Morgan fingerprint density at radius 3 is 2.50 bits per heavy atom. The Kier molecular flexibility index (Phi) is 5.02. The van der Waals surface area contributed by atoms with Crippen LogP contribution in [0.25, 0.3) is 0 Å². The molecule has 0 atom stereocenters. The largest absolute Gasteiger partial charge is 0.513 e. The summed E-state index contributed by atoms with van der Waals surface area (Å²) in [5, 5.41) is 26.2. The lowest BCUT2D eigenvalue weighted by atomic mass is 10.1. The molecule has 0 aromatic heterocycles. The molecule has 0 aliphatic carbocycles. The van der Waals surface area contributed by atoms with E-state index in [0.717, 1.165) is 0 Å². The second-order valence-electron chi connectivity index (χ2n) is 4.18. The van der Waals surface area contributed by atoms with Crippen molar-refractivity contribution in [2.24, 2.45) is 10.2 Å². The zero-order valence-electron chi connectivity index (χ0n) is 11.3. The Hall–Kier alpha value is -2.97. The molecule has 0 radical (unpaired) electrons. The number of aliphatic hydroxyl groups is 1. The van der Waals surface area contributed by atoms with E-state index < -0.39 is 5.78 Å². The first-order valence-electron chi connectivity index (χ1n) is 6.21. The SMILES string of the molecule is N#Cc1ccccc1N=NC(=CO)C(=O)c1ccc(Cl)cc1. The van der Waals surface area contributed by atoms with E-state index >= 15 is 0 Å². The van der Waals surface area contributed by atoms with E-state index in [9.17, 15) is 9.90 Å². The normalized spacial score (nSPS) is 11.4. The third kappa shape index (κ3) is 3.57. The zero-order chi connectivity index (χ0) is 15.9. The van der Waals surface area contributed by atoms with E-state index in [1.165, 1.54) is 12.1 Å². The summed E-state index contributed by atoms with van der Waals surface area (Å²) in [7, 11) is 0. The molecule has 0 unspecified atom stereocenters. The second-order valence-corrected chi connectivity index (χ2v) is 4.62. The summed E-state index contributed by atoms with van der Waals surface area (Å²) >= 11 is 5.76. The number of hydrogen-bond acceptors (Lipinski definition) is 5. The van der Waals surface area contributed by atoms with Crippen LogP contribution in [-0.4, -0.2) is 10.9 Å². The van der Waals surface area contributed by atoms with Gasteiger partial charge in [-0.15, -0.1) is 10.2 Å². The molecule has 0 heterocycles. The lowest BCUT2D eigenvalue weighted by molar-refractivity contribution is 0.102. The number of ketones is 1. The first-order valence-corrected chi connectivity index (χ1v) is 6.59. The molecule has 1 N–H and O–H groups in total. The number of nitriles is 1. The lowest BCUT2D eigenvalue weighted by Gasteiger charge is -2.00. The Morgan fingerprint density at radius 1 is 1.18 bits per heavy atom. The van der Waals surface area contributed by atoms with E-state index in [4.69, 9.17) is 16.9 Å². The molecular weight excluding hydrogens is 302 g/mol. The minimum Gasteiger partial charge on any atom is -0.513 e. The summed E-state index contributed by atoms with van der Waals surface area (Å²) in [6.45, 7) is 0. The number of azo groups is 1. The number of halogens is 1. The van der Waals surface area contributed by atoms with E-state index in [-0.39, 0.29) is 5.70 Å². The molecule has 0 fully saturated rings. The van der Waals surface area contributed by atoms with Crippen molar-refractivity contribution in [2.45, 2.75) is 0 Å². The summed E-state index contributed by atoms with van der Waals surface area (Å²) in [6.07, 6.45) is 0.579. The molecule has 2 aromatic rings. The fourth-order valence-electron chi connectivity index (χ4n) is 1.64. The van der Waals surface area contributed by atoms with Gasteiger partial charge in [0.15, 0.2) is 5.70 Å². The zero-order valence-corrected chi connectivity index (χ0v) is 12.0. The van der Waals surface area contributed by atoms with Crippen LogP contribution in [0.15, 0.2) is 70.7 Å². The second kappa shape index (κ2) is 7.16. The van der Waals surface area contributed by atoms with Gasteiger partial charge in [0.1, 0.15) is 18.0 Å². The van der Waals surface area contributed by atoms with E-state index in [2.05, 4.69) is 10.2 Å². The first kappa shape index (κ1) is 15.4. The average molecular weight is 312 g/mol. The molecule has 0 saturated carbocycles. The van der Waals surface area contributed by atoms with Crippen LogP contribution in [0.3, 0.4) is 0 Å². The van der Waals surface area contributed by atoms with Crippen LogP contribution >= 0.6 is 11.6 Å². The summed E-state index contributed by atoms with van der Waals surface area (Å²) in [6, 6.07) is 14.7. The smallest absolute Gasteiger partial charge is 0.216 e. The number of rotatable bonds is 4. The van der Waals surface area contributed by atoms with Crippen molar-refractivity contribution in [1.82, 2.24) is 0 Å². The van der Waals surface area contributed by atoms with Crippen LogP contribution in [0.5, 0.6) is 0 Å². The summed E-state index contributed by atoms with van der Waals surface area (Å²) in [5.74, 6) is -0.502. The molecule has 5 nitrogen and oxygen atoms in total. The Balaban J connectivity index is 2.26. The molecule has 0 amide bonds. The van der Waals surface area contributed by atoms with E-state index in [1.54, 1.807) is 36.4 Å². The maximum absolute atomic E-state index is 12.2. The van der Waals surface area contributed by atoms with E-state index in [0.29, 0.717) is 28.1 Å². The monoisotopic (exact) mass is 311 g/mol. The van der Waals surface area contributed by atoms with Gasteiger partial charge >= 0.3 is 0 Å². The van der Waals surface area contributed by atoms with Gasteiger partial charge in [-0.3, -0.25) is 4.79 Å². The van der Waals surface area contributed by atoms with Crippen LogP contribution in [0.2, 0.25) is 5.02 Å². The first-order chi connectivity index (χ1) is 10.7. The van der Waals surface area contributed by atoms with Gasteiger partial charge in [-0.1, -0.05) is 23.7 Å². The fourth-order valence-corrected chi connectivity index (χ4v) is 1.77. The third-order valence-electron chi connectivity index (χ3n) is 2.75. The van der Waals surface area contributed by atoms with E-state index in [1.807, 2.05) is 6.07 Å². The molecule has 0 aliphatic rings. The number of hydrogen-bond donors (Lipinski definition) is 1. The predicted molar refractivity (Wildman–Crippen MR) is 82.2 cm³/mol. The van der Waals surface area contributed by atoms with Crippen molar-refractivity contribution < 1.29 is 9.90 Å². The average Bonchev–Trinajstić information content (AvgIpc) is 2.56. The summed E-state index contributed by atoms with van der Waals surface area (Å²) in [4.78, 5) is 12.2. The van der Waals surface area contributed by atoms with Crippen LogP contribution < -0.4 is 0 Å². The molecule has 2 rings (SSSR count). The molecule has 22 heavy (non-hydrogen) atoms. The van der Waals surface area contributed by atoms with Gasteiger partial charge in [-0.2, -0.15) is 5.26 Å². The van der Waals surface area contributed by atoms with Gasteiger partial charge in [0.25, 0.3) is 0 Å². The highest BCUT2D eigenvalue weighted by Crippen LogP contribution is 2.20. The van der Waals surface area contributed by atoms with Gasteiger partial charge in [-0.05, 0) is 36.4 Å². The molecular formula is C16H10ClN3O2. The van der Waals surface area contributed by atoms with Gasteiger partial charge in [-0.25, -0.2) is 0 Å². The Morgan fingerprint density at radius 2 is 1.86 bits per heavy atom. The number of carbonyl (C=O) groups excluding carboxylic acids is 1. The van der Waals surface area contributed by atoms with Gasteiger partial charge in [0.05, 0.1) is 5.56 Å². The standard InChI is InChI=1S/C16H10ClN3O2/c17-13-7-5-11(6-8-13)16(22)15(10-21)20-19-14-4-2-1-3-12(14)9-18/h1-8,10,21H. The third-order valence-corrected chi connectivity index (χ3v) is 3.00. The predicted octanol–water partition coefficient (Wildman–Crippen LogP) is 4.58. The van der Waals surface area contributed by atoms with Crippen molar-refractivity contribution in [2.75, 3.05) is 0 Å². The maximum Gasteiger partial charge on any atom is 0.216 e. The number of Topliss-reactive ketones (excluding diaryl/α,β-unsaturated/α-hetero) is 1. The topological polar surface area (TPSA) is 85.8 Å².